The molecule has 7 nitrogen and oxygen atoms in total. The molecule has 0 bridgehead atoms. The number of amides is 1. The van der Waals surface area contributed by atoms with Gasteiger partial charge in [0.1, 0.15) is 29.9 Å². The van der Waals surface area contributed by atoms with Crippen LogP contribution in [-0.2, 0) is 23.9 Å². The summed E-state index contributed by atoms with van der Waals surface area (Å²) < 4.78 is 10.3. The van der Waals surface area contributed by atoms with Gasteiger partial charge in [-0.3, -0.25) is 9.59 Å². The van der Waals surface area contributed by atoms with E-state index in [0.29, 0.717) is 0 Å². The van der Waals surface area contributed by atoms with Crippen LogP contribution in [0.2, 0.25) is 0 Å². The predicted octanol–water partition coefficient (Wildman–Crippen LogP) is 2.47. The fourth-order valence-electron chi connectivity index (χ4n) is 4.05. The Morgan fingerprint density at radius 1 is 1.12 bits per heavy atom. The van der Waals surface area contributed by atoms with E-state index in [4.69, 9.17) is 26.8 Å². The lowest BCUT2D eigenvalue weighted by atomic mass is 9.95. The van der Waals surface area contributed by atoms with Crippen molar-refractivity contribution >= 4 is 41.2 Å². The molecule has 0 spiro atoms. The minimum Gasteiger partial charge on any atom is -0.463 e. The normalized spacial score (nSPS) is 26.4. The van der Waals surface area contributed by atoms with E-state index < -0.39 is 34.9 Å². The highest BCUT2D eigenvalue weighted by molar-refractivity contribution is 8.01. The number of β-lactam (4-membered cyclic amide) rings is 1. The second-order valence-corrected chi connectivity index (χ2v) is 9.85. The summed E-state index contributed by atoms with van der Waals surface area (Å²) in [6, 6.07) is 17.1. The summed E-state index contributed by atoms with van der Waals surface area (Å²) in [7, 11) is 0. The van der Waals surface area contributed by atoms with Crippen LogP contribution in [0.3, 0.4) is 0 Å². The molecule has 2 aliphatic heterocycles. The Morgan fingerprint density at radius 3 is 2.22 bits per heavy atom. The van der Waals surface area contributed by atoms with Crippen molar-refractivity contribution in [2.45, 2.75) is 35.2 Å². The van der Waals surface area contributed by atoms with Crippen molar-refractivity contribution in [3.05, 3.63) is 71.8 Å². The Bertz CT molecular complexity index is 968. The third-order valence-corrected chi connectivity index (χ3v) is 7.52. The topological polar surface area (TPSA) is 98.9 Å². The van der Waals surface area contributed by atoms with Crippen LogP contribution in [0.25, 0.3) is 0 Å². The molecule has 2 fully saturated rings. The minimum absolute atomic E-state index is 0.0999. The van der Waals surface area contributed by atoms with Crippen LogP contribution in [0.1, 0.15) is 24.2 Å². The number of esters is 2. The van der Waals surface area contributed by atoms with E-state index in [1.54, 1.807) is 6.92 Å². The summed E-state index contributed by atoms with van der Waals surface area (Å²) in [5.74, 6) is -1.81. The molecule has 2 saturated heterocycles. The van der Waals surface area contributed by atoms with Gasteiger partial charge >= 0.3 is 11.9 Å². The lowest BCUT2D eigenvalue weighted by Crippen LogP contribution is -2.69. The quantitative estimate of drug-likeness (QED) is 0.374. The zero-order valence-electron chi connectivity index (χ0n) is 17.3. The molecule has 2 aromatic carbocycles. The third kappa shape index (κ3) is 4.10. The Morgan fingerprint density at radius 2 is 1.69 bits per heavy atom. The maximum Gasteiger partial charge on any atom is 0.331 e. The third-order valence-electron chi connectivity index (χ3n) is 5.66. The largest absolute Gasteiger partial charge is 0.463 e. The Balaban J connectivity index is 1.63. The molecule has 9 heteroatoms. The number of halogens is 1. The number of fused-ring (bicyclic) bond motifs is 1. The molecule has 1 amide bonds. The average Bonchev–Trinajstić information content (AvgIpc) is 3.12. The number of hydrogen-bond donors (Lipinski definition) is 1. The summed E-state index contributed by atoms with van der Waals surface area (Å²) in [4.78, 5) is 39.2. The van der Waals surface area contributed by atoms with Crippen LogP contribution in [0.5, 0.6) is 0 Å². The lowest BCUT2D eigenvalue weighted by Gasteiger charge is -2.42. The number of carbonyl (C=O) groups excluding carboxylic acids is 3. The van der Waals surface area contributed by atoms with Gasteiger partial charge in [-0.15, -0.1) is 23.4 Å². The molecule has 2 N–H and O–H groups in total. The second-order valence-electron chi connectivity index (χ2n) is 7.93. The number of rotatable bonds is 7. The molecule has 2 heterocycles. The second kappa shape index (κ2) is 9.13. The van der Waals surface area contributed by atoms with Crippen molar-refractivity contribution in [3.63, 3.8) is 0 Å². The van der Waals surface area contributed by atoms with Gasteiger partial charge in [0.2, 0.25) is 5.91 Å². The predicted molar refractivity (Wildman–Crippen MR) is 121 cm³/mol. The fraction of sp³-hybridized carbons (Fsp3) is 0.348. The van der Waals surface area contributed by atoms with Gasteiger partial charge in [0.25, 0.3) is 0 Å². The smallest absolute Gasteiger partial charge is 0.331 e. The number of nitrogens with zero attached hydrogens (tertiary/aromatic N) is 1. The average molecular weight is 475 g/mol. The van der Waals surface area contributed by atoms with Gasteiger partial charge in [-0.1, -0.05) is 60.7 Å². The first-order valence-corrected chi connectivity index (χ1v) is 11.5. The van der Waals surface area contributed by atoms with Crippen LogP contribution in [0.4, 0.5) is 0 Å². The number of alkyl halides is 1. The van der Waals surface area contributed by atoms with Crippen LogP contribution in [0.15, 0.2) is 60.7 Å². The van der Waals surface area contributed by atoms with E-state index in [9.17, 15) is 14.4 Å². The minimum atomic E-state index is -0.956. The monoisotopic (exact) mass is 474 g/mol. The summed E-state index contributed by atoms with van der Waals surface area (Å²) in [6.45, 7) is 1.67. The van der Waals surface area contributed by atoms with Gasteiger partial charge in [-0.2, -0.15) is 0 Å². The molecular formula is C23H23ClN2O5S. The maximum atomic E-state index is 13.5. The van der Waals surface area contributed by atoms with E-state index in [2.05, 4.69) is 0 Å². The molecule has 0 radical (unpaired) electrons. The fourth-order valence-corrected chi connectivity index (χ4v) is 5.75. The summed E-state index contributed by atoms with van der Waals surface area (Å²) in [5.41, 5.74) is 7.57. The van der Waals surface area contributed by atoms with Crippen LogP contribution < -0.4 is 5.73 Å². The summed E-state index contributed by atoms with van der Waals surface area (Å²) >= 11 is 6.89. The number of benzene rings is 2. The van der Waals surface area contributed by atoms with Gasteiger partial charge in [0.05, 0.1) is 4.75 Å². The molecule has 1 unspecified atom stereocenters. The van der Waals surface area contributed by atoms with E-state index >= 15 is 0 Å². The summed E-state index contributed by atoms with van der Waals surface area (Å²) in [6.07, 6.45) is -0.659. The molecule has 4 atom stereocenters. The van der Waals surface area contributed by atoms with Crippen molar-refractivity contribution in [2.24, 2.45) is 5.73 Å². The van der Waals surface area contributed by atoms with Crippen LogP contribution >= 0.6 is 23.4 Å². The van der Waals surface area contributed by atoms with Crippen LogP contribution in [-0.4, -0.2) is 57.4 Å². The van der Waals surface area contributed by atoms with Crippen LogP contribution in [0, 0.1) is 0 Å². The van der Waals surface area contributed by atoms with Gasteiger partial charge in [0, 0.05) is 0 Å². The van der Waals surface area contributed by atoms with Gasteiger partial charge in [0.15, 0.2) is 6.10 Å². The molecule has 2 aromatic rings. The number of hydrogen-bond acceptors (Lipinski definition) is 7. The van der Waals surface area contributed by atoms with Crippen molar-refractivity contribution in [1.29, 1.82) is 0 Å². The number of carbonyl (C=O) groups is 3. The zero-order chi connectivity index (χ0) is 22.9. The van der Waals surface area contributed by atoms with Gasteiger partial charge in [-0.05, 0) is 18.1 Å². The molecular weight excluding hydrogens is 452 g/mol. The number of thioether (sulfide) groups is 1. The first-order chi connectivity index (χ1) is 15.4. The number of nitrogens with two attached hydrogens (primary N) is 1. The van der Waals surface area contributed by atoms with E-state index in [-0.39, 0.29) is 23.8 Å². The van der Waals surface area contributed by atoms with Crippen molar-refractivity contribution in [2.75, 3.05) is 12.5 Å². The van der Waals surface area contributed by atoms with Crippen molar-refractivity contribution in [1.82, 2.24) is 4.90 Å². The molecule has 0 saturated carbocycles. The molecule has 0 aromatic heterocycles. The standard InChI is InChI=1S/C23H23ClN2O5S/c1-23(13-30-16(27)12-24)19(26-20(28)17(25)21(26)32-23)22(29)31-18(14-8-4-2-5-9-14)15-10-6-3-7-11-15/h2-11,17-19,21H,12-13,25H2,1H3/t17-,19+,21?,23+/m1/s1. The summed E-state index contributed by atoms with van der Waals surface area (Å²) in [5, 5.41) is -0.383. The first kappa shape index (κ1) is 22.6. The highest BCUT2D eigenvalue weighted by atomic mass is 35.5. The Kier molecular flexibility index (Phi) is 6.46. The number of ether oxygens (including phenoxy) is 2. The highest BCUT2D eigenvalue weighted by Crippen LogP contribution is 2.51. The zero-order valence-corrected chi connectivity index (χ0v) is 18.9. The lowest BCUT2D eigenvalue weighted by molar-refractivity contribution is -0.167. The first-order valence-electron chi connectivity index (χ1n) is 10.1. The molecule has 168 valence electrons. The van der Waals surface area contributed by atoms with Gasteiger partial charge < -0.3 is 20.1 Å². The van der Waals surface area contributed by atoms with E-state index in [1.807, 2.05) is 60.7 Å². The molecule has 2 aliphatic rings. The van der Waals surface area contributed by atoms with Crippen molar-refractivity contribution in [3.8, 4) is 0 Å². The highest BCUT2D eigenvalue weighted by Gasteiger charge is 2.65. The molecule has 32 heavy (non-hydrogen) atoms. The molecule has 4 rings (SSSR count). The van der Waals surface area contributed by atoms with E-state index in [0.717, 1.165) is 11.1 Å². The van der Waals surface area contributed by atoms with Gasteiger partial charge in [-0.25, -0.2) is 4.79 Å². The SMILES string of the molecule is C[C@@]1(COC(=O)CCl)SC2[C@H](N)C(=O)N2[C@H]1C(=O)OC(c1ccccc1)c1ccccc1. The maximum absolute atomic E-state index is 13.5. The molecule has 0 aliphatic carbocycles. The van der Waals surface area contributed by atoms with Crippen molar-refractivity contribution < 1.29 is 23.9 Å². The Labute approximate surface area is 195 Å². The van der Waals surface area contributed by atoms with E-state index in [1.165, 1.54) is 16.7 Å². The Hall–Kier alpha value is -2.55.